The first-order valence-electron chi connectivity index (χ1n) is 10.3. The number of aromatic amines is 1. The summed E-state index contributed by atoms with van der Waals surface area (Å²) in [4.78, 5) is 18.7. The van der Waals surface area contributed by atoms with Gasteiger partial charge in [0.05, 0.1) is 24.0 Å². The van der Waals surface area contributed by atoms with Gasteiger partial charge >= 0.3 is 5.97 Å². The number of aromatic carboxylic acids is 1. The molecule has 0 amide bonds. The molecule has 1 aromatic heterocycles. The molecule has 1 heterocycles. The number of hydrogen-bond acceptors (Lipinski definition) is 3. The van der Waals surface area contributed by atoms with E-state index in [4.69, 9.17) is 5.11 Å². The van der Waals surface area contributed by atoms with E-state index in [2.05, 4.69) is 22.2 Å². The zero-order valence-corrected chi connectivity index (χ0v) is 17.7. The molecular formula is C22H34ClN3O2. The summed E-state index contributed by atoms with van der Waals surface area (Å²) in [6.07, 6.45) is 14.9. The van der Waals surface area contributed by atoms with Gasteiger partial charge in [-0.15, -0.1) is 12.4 Å². The highest BCUT2D eigenvalue weighted by molar-refractivity contribution is 5.88. The minimum atomic E-state index is -0.906. The van der Waals surface area contributed by atoms with Crippen molar-refractivity contribution < 1.29 is 9.90 Å². The van der Waals surface area contributed by atoms with E-state index in [9.17, 15) is 4.79 Å². The Balaban J connectivity index is 0.00000392. The van der Waals surface area contributed by atoms with Gasteiger partial charge in [0.25, 0.3) is 0 Å². The number of nitrogens with one attached hydrogen (secondary N) is 2. The molecule has 6 heteroatoms. The highest BCUT2D eigenvalue weighted by Crippen LogP contribution is 2.13. The van der Waals surface area contributed by atoms with E-state index in [0.29, 0.717) is 12.1 Å². The maximum atomic E-state index is 10.9. The molecule has 0 spiro atoms. The highest BCUT2D eigenvalue weighted by atomic mass is 35.5. The number of rotatable bonds is 14. The number of hydrogen-bond donors (Lipinski definition) is 3. The number of carboxylic acids is 1. The molecule has 5 nitrogen and oxygen atoms in total. The van der Waals surface area contributed by atoms with Gasteiger partial charge in [-0.05, 0) is 30.7 Å². The van der Waals surface area contributed by atoms with Crippen LogP contribution in [0.15, 0.2) is 30.5 Å². The van der Waals surface area contributed by atoms with Crippen LogP contribution >= 0.6 is 12.4 Å². The summed E-state index contributed by atoms with van der Waals surface area (Å²) in [5.74, 6) is 0.146. The van der Waals surface area contributed by atoms with E-state index < -0.39 is 5.97 Å². The summed E-state index contributed by atoms with van der Waals surface area (Å²) in [5.41, 5.74) is 2.24. The van der Waals surface area contributed by atoms with Gasteiger partial charge in [-0.1, -0.05) is 58.3 Å². The summed E-state index contributed by atoms with van der Waals surface area (Å²) in [6, 6.07) is 6.77. The molecule has 2 aromatic rings. The number of carboxylic acid groups (broad SMARTS) is 1. The first-order valence-corrected chi connectivity index (χ1v) is 10.3. The Morgan fingerprint density at radius 2 is 1.61 bits per heavy atom. The molecule has 0 aliphatic heterocycles. The van der Waals surface area contributed by atoms with Gasteiger partial charge in [0, 0.05) is 12.1 Å². The normalized spacial score (nSPS) is 10.5. The molecule has 0 bridgehead atoms. The maximum Gasteiger partial charge on any atom is 0.335 e. The molecule has 0 aliphatic carbocycles. The summed E-state index contributed by atoms with van der Waals surface area (Å²) in [6.45, 7) is 2.91. The molecule has 2 rings (SSSR count). The Kier molecular flexibility index (Phi) is 12.1. The first-order chi connectivity index (χ1) is 13.2. The fraction of sp³-hybridized carbons (Fsp3) is 0.545. The summed E-state index contributed by atoms with van der Waals surface area (Å²) >= 11 is 0. The number of halogens is 1. The number of unbranched alkanes of at least 4 members (excludes halogenated alkanes) is 8. The molecule has 156 valence electrons. The van der Waals surface area contributed by atoms with Crippen LogP contribution in [0.2, 0.25) is 0 Å². The van der Waals surface area contributed by atoms with Crippen molar-refractivity contribution in [2.24, 2.45) is 0 Å². The molecule has 0 unspecified atom stereocenters. The topological polar surface area (TPSA) is 78.0 Å². The second kappa shape index (κ2) is 14.1. The molecule has 3 N–H and O–H groups in total. The summed E-state index contributed by atoms with van der Waals surface area (Å²) in [7, 11) is 0. The number of nitrogens with zero attached hydrogens (tertiary/aromatic N) is 1. The van der Waals surface area contributed by atoms with E-state index in [0.717, 1.165) is 23.6 Å². The minimum absolute atomic E-state index is 0. The lowest BCUT2D eigenvalue weighted by molar-refractivity contribution is 0.0697. The van der Waals surface area contributed by atoms with Crippen molar-refractivity contribution in [3.63, 3.8) is 0 Å². The number of anilines is 1. The Labute approximate surface area is 174 Å². The zero-order valence-electron chi connectivity index (χ0n) is 16.9. The van der Waals surface area contributed by atoms with Crippen molar-refractivity contribution in [1.82, 2.24) is 9.97 Å². The van der Waals surface area contributed by atoms with Gasteiger partial charge in [-0.25, -0.2) is 9.78 Å². The van der Waals surface area contributed by atoms with E-state index >= 15 is 0 Å². The third-order valence-corrected chi connectivity index (χ3v) is 4.81. The molecule has 28 heavy (non-hydrogen) atoms. The Morgan fingerprint density at radius 3 is 2.21 bits per heavy atom. The third-order valence-electron chi connectivity index (χ3n) is 4.81. The number of carbonyl (C=O) groups is 1. The second-order valence-electron chi connectivity index (χ2n) is 7.17. The monoisotopic (exact) mass is 407 g/mol. The molecule has 0 aliphatic rings. The Bertz CT molecular complexity index is 671. The van der Waals surface area contributed by atoms with Crippen LogP contribution in [0.4, 0.5) is 5.69 Å². The summed E-state index contributed by atoms with van der Waals surface area (Å²) < 4.78 is 0. The maximum absolute atomic E-state index is 10.9. The fourth-order valence-corrected chi connectivity index (χ4v) is 3.15. The lowest BCUT2D eigenvalue weighted by Crippen LogP contribution is -2.01. The molecule has 0 saturated heterocycles. The largest absolute Gasteiger partial charge is 0.478 e. The standard InChI is InChI=1S/C22H33N3O2.ClH/c1-2-3-4-5-6-7-8-9-10-11-21-24-17-20(25-21)16-23-19-14-12-18(13-15-19)22(26)27;/h12-15,17,23H,2-11,16H2,1H3,(H,24,25)(H,26,27);1H. The van der Waals surface area contributed by atoms with Crippen molar-refractivity contribution in [1.29, 1.82) is 0 Å². The second-order valence-corrected chi connectivity index (χ2v) is 7.17. The van der Waals surface area contributed by atoms with Crippen LogP contribution in [0.1, 0.15) is 86.6 Å². The number of benzene rings is 1. The van der Waals surface area contributed by atoms with Crippen LogP contribution in [0.5, 0.6) is 0 Å². The average Bonchev–Trinajstić information content (AvgIpc) is 3.13. The highest BCUT2D eigenvalue weighted by Gasteiger charge is 2.03. The molecule has 0 radical (unpaired) electrons. The molecule has 0 saturated carbocycles. The van der Waals surface area contributed by atoms with Crippen LogP contribution in [-0.2, 0) is 13.0 Å². The minimum Gasteiger partial charge on any atom is -0.478 e. The number of aromatic nitrogens is 2. The van der Waals surface area contributed by atoms with Gasteiger partial charge in [0.1, 0.15) is 5.82 Å². The van der Waals surface area contributed by atoms with Crippen molar-refractivity contribution in [3.05, 3.63) is 47.5 Å². The van der Waals surface area contributed by atoms with Gasteiger partial charge < -0.3 is 15.4 Å². The van der Waals surface area contributed by atoms with Crippen molar-refractivity contribution in [2.75, 3.05) is 5.32 Å². The quantitative estimate of drug-likeness (QED) is 0.325. The summed E-state index contributed by atoms with van der Waals surface area (Å²) in [5, 5.41) is 12.2. The van der Waals surface area contributed by atoms with Crippen LogP contribution in [0.3, 0.4) is 0 Å². The number of imidazole rings is 1. The zero-order chi connectivity index (χ0) is 19.3. The van der Waals surface area contributed by atoms with Crippen molar-refractivity contribution in [3.8, 4) is 0 Å². The van der Waals surface area contributed by atoms with Crippen LogP contribution in [-0.4, -0.2) is 21.0 Å². The Hall–Kier alpha value is -2.01. The van der Waals surface area contributed by atoms with Gasteiger partial charge in [0.15, 0.2) is 0 Å². The first kappa shape index (κ1) is 24.0. The van der Waals surface area contributed by atoms with Crippen LogP contribution in [0, 0.1) is 0 Å². The number of aryl methyl sites for hydroxylation is 1. The predicted octanol–water partition coefficient (Wildman–Crippen LogP) is 6.22. The van der Waals surface area contributed by atoms with Gasteiger partial charge in [-0.3, -0.25) is 0 Å². The fourth-order valence-electron chi connectivity index (χ4n) is 3.15. The SMILES string of the molecule is CCCCCCCCCCCc1ncc(CNc2ccc(C(=O)O)cc2)[nH]1.Cl. The number of H-pyrrole nitrogens is 1. The third kappa shape index (κ3) is 9.27. The smallest absolute Gasteiger partial charge is 0.335 e. The van der Waals surface area contributed by atoms with E-state index in [1.54, 1.807) is 24.3 Å². The molecular weight excluding hydrogens is 374 g/mol. The van der Waals surface area contributed by atoms with E-state index in [1.807, 2.05) is 6.20 Å². The lowest BCUT2D eigenvalue weighted by atomic mass is 10.1. The molecule has 0 atom stereocenters. The Morgan fingerprint density at radius 1 is 1.00 bits per heavy atom. The predicted molar refractivity (Wildman–Crippen MR) is 117 cm³/mol. The van der Waals surface area contributed by atoms with Crippen LogP contribution in [0.25, 0.3) is 0 Å². The van der Waals surface area contributed by atoms with E-state index in [1.165, 1.54) is 57.8 Å². The average molecular weight is 408 g/mol. The van der Waals surface area contributed by atoms with E-state index in [-0.39, 0.29) is 12.4 Å². The molecule has 1 aromatic carbocycles. The molecule has 0 fully saturated rings. The van der Waals surface area contributed by atoms with Crippen LogP contribution < -0.4 is 5.32 Å². The van der Waals surface area contributed by atoms with Crippen molar-refractivity contribution in [2.45, 2.75) is 77.7 Å². The lowest BCUT2D eigenvalue weighted by Gasteiger charge is -2.05. The van der Waals surface area contributed by atoms with Crippen molar-refractivity contribution >= 4 is 24.1 Å². The van der Waals surface area contributed by atoms with Gasteiger partial charge in [0.2, 0.25) is 0 Å². The van der Waals surface area contributed by atoms with Gasteiger partial charge in [-0.2, -0.15) is 0 Å².